The predicted octanol–water partition coefficient (Wildman–Crippen LogP) is 2.57. The number of nitrogens with one attached hydrogen (secondary N) is 2. The van der Waals surface area contributed by atoms with Gasteiger partial charge in [0, 0.05) is 48.0 Å². The van der Waals surface area contributed by atoms with E-state index in [4.69, 9.17) is 4.42 Å². The van der Waals surface area contributed by atoms with E-state index in [1.807, 2.05) is 0 Å². The number of rotatable bonds is 4. The number of furan rings is 1. The number of halogens is 1. The van der Waals surface area contributed by atoms with Crippen molar-refractivity contribution in [3.63, 3.8) is 0 Å². The number of amides is 4. The van der Waals surface area contributed by atoms with Crippen LogP contribution in [0.4, 0.5) is 14.9 Å². The molecule has 0 unspecified atom stereocenters. The first-order chi connectivity index (χ1) is 16.3. The molecule has 1 aromatic heterocycles. The Bertz CT molecular complexity index is 1360. The minimum absolute atomic E-state index is 0.00248. The van der Waals surface area contributed by atoms with Crippen LogP contribution in [0.5, 0.6) is 0 Å². The number of carbonyl (C=O) groups excluding carboxylic acids is 5. The summed E-state index contributed by atoms with van der Waals surface area (Å²) < 4.78 is 20.0. The maximum Gasteiger partial charge on any atom is 0.328 e. The van der Waals surface area contributed by atoms with E-state index in [2.05, 4.69) is 10.6 Å². The van der Waals surface area contributed by atoms with E-state index in [0.29, 0.717) is 0 Å². The van der Waals surface area contributed by atoms with Crippen molar-refractivity contribution >= 4 is 35.1 Å². The van der Waals surface area contributed by atoms with Crippen molar-refractivity contribution in [3.05, 3.63) is 88.1 Å². The summed E-state index contributed by atoms with van der Waals surface area (Å²) in [4.78, 5) is 62.3. The van der Waals surface area contributed by atoms with Crippen molar-refractivity contribution in [2.75, 3.05) is 11.4 Å². The largest absolute Gasteiger partial charge is 0.447 e. The Morgan fingerprint density at radius 3 is 2.44 bits per heavy atom. The zero-order chi connectivity index (χ0) is 24.0. The van der Waals surface area contributed by atoms with Crippen LogP contribution in [-0.4, -0.2) is 36.0 Å². The normalized spacial score (nSPS) is 15.0. The van der Waals surface area contributed by atoms with E-state index in [9.17, 15) is 28.4 Å². The van der Waals surface area contributed by atoms with Gasteiger partial charge in [-0.25, -0.2) is 9.18 Å². The number of hydrogen-bond acceptors (Lipinski definition) is 6. The average Bonchev–Trinajstić information content (AvgIpc) is 3.28. The third kappa shape index (κ3) is 3.54. The molecule has 10 heteroatoms. The van der Waals surface area contributed by atoms with E-state index in [-0.39, 0.29) is 59.0 Å². The second kappa shape index (κ2) is 8.07. The third-order valence-corrected chi connectivity index (χ3v) is 5.66. The highest BCUT2D eigenvalue weighted by atomic mass is 19.1. The summed E-state index contributed by atoms with van der Waals surface area (Å²) in [5, 5.41) is 4.66. The second-order valence-corrected chi connectivity index (χ2v) is 7.77. The molecule has 1 aliphatic heterocycles. The second-order valence-electron chi connectivity index (χ2n) is 7.77. The smallest absolute Gasteiger partial charge is 0.328 e. The molecule has 0 atom stereocenters. The molecular formula is C24H16FN3O6. The van der Waals surface area contributed by atoms with E-state index in [0.717, 1.165) is 6.07 Å². The van der Waals surface area contributed by atoms with Crippen LogP contribution in [0.1, 0.15) is 54.6 Å². The number of imide groups is 1. The monoisotopic (exact) mass is 461 g/mol. The number of benzene rings is 2. The number of carbonyl (C=O) groups is 5. The van der Waals surface area contributed by atoms with Crippen LogP contribution in [0, 0.1) is 5.82 Å². The summed E-state index contributed by atoms with van der Waals surface area (Å²) >= 11 is 0. The summed E-state index contributed by atoms with van der Waals surface area (Å²) in [5.74, 6) is -3.15. The molecule has 0 spiro atoms. The summed E-state index contributed by atoms with van der Waals surface area (Å²) in [5.41, 5.74) is 0.855. The van der Waals surface area contributed by atoms with Gasteiger partial charge in [-0.3, -0.25) is 29.4 Å². The summed E-state index contributed by atoms with van der Waals surface area (Å²) in [6.45, 7) is -0.0756. The Balaban J connectivity index is 1.30. The molecule has 0 radical (unpaired) electrons. The minimum atomic E-state index is -0.726. The summed E-state index contributed by atoms with van der Waals surface area (Å²) in [7, 11) is 0. The molecule has 1 fully saturated rings. The lowest BCUT2D eigenvalue weighted by molar-refractivity contribution is -0.120. The van der Waals surface area contributed by atoms with Gasteiger partial charge in [-0.15, -0.1) is 0 Å². The summed E-state index contributed by atoms with van der Waals surface area (Å²) in [6, 6.07) is 10.9. The lowest BCUT2D eigenvalue weighted by Gasteiger charge is -2.26. The molecule has 34 heavy (non-hydrogen) atoms. The van der Waals surface area contributed by atoms with Gasteiger partial charge in [0.05, 0.1) is 5.56 Å². The lowest BCUT2D eigenvalue weighted by Crippen LogP contribution is -2.49. The van der Waals surface area contributed by atoms with Gasteiger partial charge in [0.1, 0.15) is 5.82 Å². The number of nitrogens with zero attached hydrogens (tertiary/aromatic N) is 1. The molecule has 2 N–H and O–H groups in total. The third-order valence-electron chi connectivity index (χ3n) is 5.66. The Labute approximate surface area is 191 Å². The van der Waals surface area contributed by atoms with Crippen molar-refractivity contribution in [1.29, 1.82) is 0 Å². The Kier molecular flexibility index (Phi) is 5.05. The van der Waals surface area contributed by atoms with Crippen LogP contribution in [0.3, 0.4) is 0 Å². The fourth-order valence-electron chi connectivity index (χ4n) is 3.91. The van der Waals surface area contributed by atoms with Gasteiger partial charge >= 0.3 is 6.03 Å². The van der Waals surface area contributed by atoms with Crippen molar-refractivity contribution in [2.45, 2.75) is 13.0 Å². The number of ketones is 2. The predicted molar refractivity (Wildman–Crippen MR) is 115 cm³/mol. The quantitative estimate of drug-likeness (QED) is 0.481. The van der Waals surface area contributed by atoms with Gasteiger partial charge in [0.25, 0.3) is 5.91 Å². The molecule has 0 bridgehead atoms. The molecule has 9 nitrogen and oxygen atoms in total. The molecule has 5 rings (SSSR count). The van der Waals surface area contributed by atoms with Gasteiger partial charge in [0.2, 0.25) is 11.7 Å². The zero-order valence-corrected chi connectivity index (χ0v) is 17.5. The van der Waals surface area contributed by atoms with Crippen LogP contribution in [0.25, 0.3) is 0 Å². The van der Waals surface area contributed by atoms with E-state index in [1.165, 1.54) is 35.2 Å². The molecule has 3 aromatic rings. The summed E-state index contributed by atoms with van der Waals surface area (Å²) in [6.07, 6.45) is 0.106. The van der Waals surface area contributed by atoms with Gasteiger partial charge in [-0.1, -0.05) is 30.3 Å². The Morgan fingerprint density at radius 1 is 1.00 bits per heavy atom. The number of urea groups is 1. The molecule has 170 valence electrons. The number of anilines is 1. The standard InChI is InChI=1S/C24H16FN3O6/c25-17-9-13(28-8-7-19(29)27-24(28)33)6-5-12(17)11-26-23(32)18-10-16-20(30)14-3-1-2-4-15(14)21(31)22(16)34-18/h1-6,9-10H,7-8,11H2,(H,26,32)(H,27,29,33). The molecule has 2 heterocycles. The van der Waals surface area contributed by atoms with Crippen LogP contribution in [0.2, 0.25) is 0 Å². The number of hydrogen-bond donors (Lipinski definition) is 2. The van der Waals surface area contributed by atoms with Gasteiger partial charge in [0.15, 0.2) is 17.3 Å². The van der Waals surface area contributed by atoms with Crippen molar-refractivity contribution in [3.8, 4) is 0 Å². The van der Waals surface area contributed by atoms with Gasteiger partial charge in [-0.05, 0) is 12.1 Å². The molecule has 4 amide bonds. The topological polar surface area (TPSA) is 126 Å². The van der Waals surface area contributed by atoms with E-state index in [1.54, 1.807) is 12.1 Å². The average molecular weight is 461 g/mol. The lowest BCUT2D eigenvalue weighted by atomic mass is 9.89. The highest BCUT2D eigenvalue weighted by Crippen LogP contribution is 2.29. The maximum atomic E-state index is 14.6. The number of fused-ring (bicyclic) bond motifs is 2. The molecular weight excluding hydrogens is 445 g/mol. The minimum Gasteiger partial charge on any atom is -0.447 e. The molecule has 2 aromatic carbocycles. The first-order valence-corrected chi connectivity index (χ1v) is 10.3. The Morgan fingerprint density at radius 2 is 1.74 bits per heavy atom. The fourth-order valence-corrected chi connectivity index (χ4v) is 3.91. The molecule has 2 aliphatic rings. The molecule has 1 saturated heterocycles. The van der Waals surface area contributed by atoms with Crippen LogP contribution in [-0.2, 0) is 11.3 Å². The highest BCUT2D eigenvalue weighted by molar-refractivity contribution is 6.27. The first kappa shape index (κ1) is 21.3. The van der Waals surface area contributed by atoms with Gasteiger partial charge < -0.3 is 9.73 Å². The van der Waals surface area contributed by atoms with Gasteiger partial charge in [-0.2, -0.15) is 0 Å². The maximum absolute atomic E-state index is 14.6. The molecule has 0 saturated carbocycles. The zero-order valence-electron chi connectivity index (χ0n) is 17.5. The van der Waals surface area contributed by atoms with E-state index < -0.39 is 35.2 Å². The van der Waals surface area contributed by atoms with E-state index >= 15 is 0 Å². The van der Waals surface area contributed by atoms with Crippen LogP contribution < -0.4 is 15.5 Å². The van der Waals surface area contributed by atoms with Crippen LogP contribution in [0.15, 0.2) is 52.9 Å². The SMILES string of the molecule is O=C1CCN(c2ccc(CNC(=O)c3cc4c(o3)C(=O)c3ccccc3C4=O)c(F)c2)C(=O)N1. The van der Waals surface area contributed by atoms with Crippen molar-refractivity contribution < 1.29 is 32.8 Å². The highest BCUT2D eigenvalue weighted by Gasteiger charge is 2.34. The first-order valence-electron chi connectivity index (χ1n) is 10.3. The van der Waals surface area contributed by atoms with Crippen molar-refractivity contribution in [1.82, 2.24) is 10.6 Å². The fraction of sp³-hybridized carbons (Fsp3) is 0.125. The molecule has 1 aliphatic carbocycles. The van der Waals surface area contributed by atoms with Crippen molar-refractivity contribution in [2.24, 2.45) is 0 Å². The Hall–Kier alpha value is -4.60. The van der Waals surface area contributed by atoms with Crippen LogP contribution >= 0.6 is 0 Å².